The first kappa shape index (κ1) is 12.2. The van der Waals surface area contributed by atoms with Crippen LogP contribution in [-0.4, -0.2) is 36.9 Å². The Kier molecular flexibility index (Phi) is 3.54. The quantitative estimate of drug-likeness (QED) is 0.878. The van der Waals surface area contributed by atoms with Gasteiger partial charge in [-0.3, -0.25) is 0 Å². The maximum atomic E-state index is 10.9. The lowest BCUT2D eigenvalue weighted by molar-refractivity contribution is -0.150. The molecule has 1 aromatic carbocycles. The second-order valence-corrected chi connectivity index (χ2v) is 4.48. The van der Waals surface area contributed by atoms with Crippen molar-refractivity contribution in [1.29, 1.82) is 0 Å². The first-order valence-electron chi connectivity index (χ1n) is 5.43. The van der Waals surface area contributed by atoms with E-state index >= 15 is 0 Å². The maximum Gasteiger partial charge on any atom is 0.334 e. The molecule has 1 aromatic rings. The van der Waals surface area contributed by atoms with Crippen molar-refractivity contribution in [2.45, 2.75) is 13.0 Å². The van der Waals surface area contributed by atoms with E-state index < -0.39 is 12.1 Å². The molecule has 1 heterocycles. The number of anilines is 1. The second kappa shape index (κ2) is 4.94. The largest absolute Gasteiger partial charge is 0.479 e. The van der Waals surface area contributed by atoms with Crippen molar-refractivity contribution in [2.75, 3.05) is 24.6 Å². The summed E-state index contributed by atoms with van der Waals surface area (Å²) >= 11 is 6.06. The van der Waals surface area contributed by atoms with Gasteiger partial charge < -0.3 is 14.7 Å². The van der Waals surface area contributed by atoms with Gasteiger partial charge in [-0.25, -0.2) is 4.79 Å². The third kappa shape index (κ3) is 2.70. The van der Waals surface area contributed by atoms with Crippen molar-refractivity contribution in [1.82, 2.24) is 0 Å². The molecule has 2 rings (SSSR count). The first-order valence-corrected chi connectivity index (χ1v) is 5.81. The zero-order valence-corrected chi connectivity index (χ0v) is 10.3. The Bertz CT molecular complexity index is 436. The van der Waals surface area contributed by atoms with E-state index in [0.717, 1.165) is 11.3 Å². The van der Waals surface area contributed by atoms with Gasteiger partial charge in [-0.1, -0.05) is 17.7 Å². The molecule has 0 amide bonds. The van der Waals surface area contributed by atoms with Gasteiger partial charge in [0.1, 0.15) is 0 Å². The molecule has 1 unspecified atom stereocenters. The highest BCUT2D eigenvalue weighted by Gasteiger charge is 2.26. The molecule has 0 aromatic heterocycles. The van der Waals surface area contributed by atoms with Gasteiger partial charge >= 0.3 is 5.97 Å². The Morgan fingerprint density at radius 3 is 3.00 bits per heavy atom. The number of halogens is 1. The Hall–Kier alpha value is -1.26. The lowest BCUT2D eigenvalue weighted by Gasteiger charge is -2.32. The Morgan fingerprint density at radius 1 is 1.59 bits per heavy atom. The average Bonchev–Trinajstić information content (AvgIpc) is 2.33. The van der Waals surface area contributed by atoms with Crippen LogP contribution in [0.15, 0.2) is 18.2 Å². The fraction of sp³-hybridized carbons (Fsp3) is 0.417. The molecule has 4 nitrogen and oxygen atoms in total. The number of hydrogen-bond acceptors (Lipinski definition) is 3. The van der Waals surface area contributed by atoms with Crippen molar-refractivity contribution in [3.05, 3.63) is 28.8 Å². The summed E-state index contributed by atoms with van der Waals surface area (Å²) in [6.07, 6.45) is -0.760. The van der Waals surface area contributed by atoms with Gasteiger partial charge in [0.15, 0.2) is 6.10 Å². The number of aryl methyl sites for hydroxylation is 1. The van der Waals surface area contributed by atoms with E-state index in [2.05, 4.69) is 0 Å². The summed E-state index contributed by atoms with van der Waals surface area (Å²) in [6.45, 7) is 3.39. The maximum absolute atomic E-state index is 10.9. The lowest BCUT2D eigenvalue weighted by Crippen LogP contribution is -2.46. The lowest BCUT2D eigenvalue weighted by atomic mass is 10.2. The zero-order valence-electron chi connectivity index (χ0n) is 9.52. The number of aliphatic carboxylic acids is 1. The monoisotopic (exact) mass is 255 g/mol. The minimum absolute atomic E-state index is 0.356. The molecule has 1 saturated heterocycles. The molecule has 0 saturated carbocycles. The number of rotatable bonds is 2. The molecule has 92 valence electrons. The molecule has 5 heteroatoms. The van der Waals surface area contributed by atoms with Crippen LogP contribution >= 0.6 is 11.6 Å². The van der Waals surface area contributed by atoms with E-state index in [1.165, 1.54) is 0 Å². The predicted molar refractivity (Wildman–Crippen MR) is 65.8 cm³/mol. The van der Waals surface area contributed by atoms with Gasteiger partial charge in [0.2, 0.25) is 0 Å². The summed E-state index contributed by atoms with van der Waals surface area (Å²) in [7, 11) is 0. The van der Waals surface area contributed by atoms with Crippen LogP contribution in [0.1, 0.15) is 5.56 Å². The summed E-state index contributed by atoms with van der Waals surface area (Å²) < 4.78 is 5.17. The molecule has 1 N–H and O–H groups in total. The number of nitrogens with zero attached hydrogens (tertiary/aromatic N) is 1. The number of carboxylic acid groups (broad SMARTS) is 1. The number of morpholine rings is 1. The van der Waals surface area contributed by atoms with Gasteiger partial charge in [-0.15, -0.1) is 0 Å². The Labute approximate surface area is 105 Å². The smallest absolute Gasteiger partial charge is 0.334 e. The molecular weight excluding hydrogens is 242 g/mol. The van der Waals surface area contributed by atoms with E-state index in [1.54, 1.807) is 0 Å². The second-order valence-electron chi connectivity index (χ2n) is 4.08. The highest BCUT2D eigenvalue weighted by atomic mass is 35.5. The molecule has 0 spiro atoms. The minimum atomic E-state index is -0.923. The number of carboxylic acids is 1. The SMILES string of the molecule is Cc1ccc(N2CCOC(C(=O)O)C2)cc1Cl. The van der Waals surface area contributed by atoms with Gasteiger partial charge in [-0.2, -0.15) is 0 Å². The first-order chi connectivity index (χ1) is 8.08. The van der Waals surface area contributed by atoms with Crippen molar-refractivity contribution in [2.24, 2.45) is 0 Å². The number of hydrogen-bond donors (Lipinski definition) is 1. The van der Waals surface area contributed by atoms with Gasteiger partial charge in [-0.05, 0) is 24.6 Å². The normalized spacial score (nSPS) is 20.4. The topological polar surface area (TPSA) is 49.8 Å². The molecule has 0 aliphatic carbocycles. The van der Waals surface area contributed by atoms with Crippen LogP contribution in [-0.2, 0) is 9.53 Å². The molecular formula is C12H14ClNO3. The van der Waals surface area contributed by atoms with Crippen LogP contribution in [0.5, 0.6) is 0 Å². The fourth-order valence-electron chi connectivity index (χ4n) is 1.81. The number of benzene rings is 1. The van der Waals surface area contributed by atoms with Gasteiger partial charge in [0, 0.05) is 17.3 Å². The molecule has 0 bridgehead atoms. The molecule has 1 atom stereocenters. The third-order valence-corrected chi connectivity index (χ3v) is 3.27. The minimum Gasteiger partial charge on any atom is -0.479 e. The highest BCUT2D eigenvalue weighted by Crippen LogP contribution is 2.24. The highest BCUT2D eigenvalue weighted by molar-refractivity contribution is 6.31. The average molecular weight is 256 g/mol. The Balaban J connectivity index is 2.16. The molecule has 1 aliphatic rings. The van der Waals surface area contributed by atoms with Crippen LogP contribution in [0, 0.1) is 6.92 Å². The summed E-state index contributed by atoms with van der Waals surface area (Å²) in [4.78, 5) is 12.9. The molecule has 1 aliphatic heterocycles. The molecule has 17 heavy (non-hydrogen) atoms. The molecule has 1 fully saturated rings. The van der Waals surface area contributed by atoms with Crippen molar-refractivity contribution < 1.29 is 14.6 Å². The van der Waals surface area contributed by atoms with Crippen molar-refractivity contribution in [3.8, 4) is 0 Å². The van der Waals surface area contributed by atoms with E-state index in [-0.39, 0.29) is 0 Å². The van der Waals surface area contributed by atoms with E-state index in [9.17, 15) is 4.79 Å². The summed E-state index contributed by atoms with van der Waals surface area (Å²) in [5.74, 6) is -0.923. The van der Waals surface area contributed by atoms with Crippen LogP contribution in [0.3, 0.4) is 0 Å². The summed E-state index contributed by atoms with van der Waals surface area (Å²) in [6, 6.07) is 5.75. The molecule has 0 radical (unpaired) electrons. The van der Waals surface area contributed by atoms with Gasteiger partial charge in [0.25, 0.3) is 0 Å². The van der Waals surface area contributed by atoms with E-state index in [1.807, 2.05) is 30.0 Å². The fourth-order valence-corrected chi connectivity index (χ4v) is 1.99. The van der Waals surface area contributed by atoms with Crippen molar-refractivity contribution >= 4 is 23.3 Å². The zero-order chi connectivity index (χ0) is 12.4. The predicted octanol–water partition coefficient (Wildman–Crippen LogP) is 1.94. The third-order valence-electron chi connectivity index (χ3n) is 2.86. The van der Waals surface area contributed by atoms with Crippen molar-refractivity contribution in [3.63, 3.8) is 0 Å². The summed E-state index contributed by atoms with van der Waals surface area (Å²) in [5, 5.41) is 9.62. The van der Waals surface area contributed by atoms with E-state index in [0.29, 0.717) is 24.7 Å². The summed E-state index contributed by atoms with van der Waals surface area (Å²) in [5.41, 5.74) is 1.95. The van der Waals surface area contributed by atoms with Gasteiger partial charge in [0.05, 0.1) is 13.2 Å². The Morgan fingerprint density at radius 2 is 2.35 bits per heavy atom. The number of carbonyl (C=O) groups is 1. The van der Waals surface area contributed by atoms with Crippen LogP contribution in [0.4, 0.5) is 5.69 Å². The standard InChI is InChI=1S/C12H14ClNO3/c1-8-2-3-9(6-10(8)13)14-4-5-17-11(7-14)12(15)16/h2-3,6,11H,4-5,7H2,1H3,(H,15,16). The van der Waals surface area contributed by atoms with E-state index in [4.69, 9.17) is 21.4 Å². The van der Waals surface area contributed by atoms with Crippen LogP contribution < -0.4 is 4.90 Å². The van der Waals surface area contributed by atoms with Crippen LogP contribution in [0.25, 0.3) is 0 Å². The number of ether oxygens (including phenoxy) is 1. The van der Waals surface area contributed by atoms with Crippen LogP contribution in [0.2, 0.25) is 5.02 Å².